The smallest absolute Gasteiger partial charge is 0.462 e. The lowest BCUT2D eigenvalue weighted by Gasteiger charge is -2.24. The first-order chi connectivity index (χ1) is 28.0. The Bertz CT molecular complexity index is 1040. The molecule has 0 aromatic carbocycles. The summed E-state index contributed by atoms with van der Waals surface area (Å²) in [5.41, 5.74) is 0. The molecule has 0 aromatic heterocycles. The molecule has 1 unspecified atom stereocenters. The van der Waals surface area contributed by atoms with Crippen molar-refractivity contribution in [3.8, 4) is 0 Å². The van der Waals surface area contributed by atoms with E-state index in [0.717, 1.165) is 51.4 Å². The highest BCUT2D eigenvalue weighted by Crippen LogP contribution is 2.43. The van der Waals surface area contributed by atoms with Crippen molar-refractivity contribution in [3.05, 3.63) is 24.3 Å². The number of carbonyl (C=O) groups is 2. The average molecular weight is 843 g/mol. The largest absolute Gasteiger partial charge is 0.472 e. The quantitative estimate of drug-likeness (QED) is 0.0212. The number of allylic oxidation sites excluding steroid dienone is 4. The number of quaternary nitrogens is 1. The van der Waals surface area contributed by atoms with Crippen LogP contribution in [0.3, 0.4) is 0 Å². The molecule has 0 aliphatic heterocycles. The highest BCUT2D eigenvalue weighted by Gasteiger charge is 2.27. The van der Waals surface area contributed by atoms with Gasteiger partial charge in [0.25, 0.3) is 0 Å². The Labute approximate surface area is 358 Å². The third-order valence-electron chi connectivity index (χ3n) is 10.5. The molecular formula is C48H93NO8P+. The predicted octanol–water partition coefficient (Wildman–Crippen LogP) is 13.9. The number of unbranched alkanes of at least 4 members (excludes halogenated alkanes) is 26. The van der Waals surface area contributed by atoms with Crippen LogP contribution in [0.2, 0.25) is 0 Å². The van der Waals surface area contributed by atoms with Gasteiger partial charge in [-0.15, -0.1) is 0 Å². The molecule has 0 bridgehead atoms. The van der Waals surface area contributed by atoms with Gasteiger partial charge in [0, 0.05) is 12.8 Å². The minimum Gasteiger partial charge on any atom is -0.462 e. The van der Waals surface area contributed by atoms with Crippen LogP contribution in [0.15, 0.2) is 24.3 Å². The summed E-state index contributed by atoms with van der Waals surface area (Å²) < 4.78 is 34.4. The van der Waals surface area contributed by atoms with Crippen LogP contribution in [0.4, 0.5) is 0 Å². The van der Waals surface area contributed by atoms with E-state index in [1.807, 2.05) is 21.1 Å². The summed E-state index contributed by atoms with van der Waals surface area (Å²) in [4.78, 5) is 35.5. The fourth-order valence-corrected chi connectivity index (χ4v) is 7.43. The van der Waals surface area contributed by atoms with Gasteiger partial charge in [-0.1, -0.05) is 186 Å². The van der Waals surface area contributed by atoms with Crippen LogP contribution in [-0.2, 0) is 32.7 Å². The van der Waals surface area contributed by atoms with Crippen molar-refractivity contribution in [2.75, 3.05) is 47.5 Å². The van der Waals surface area contributed by atoms with Crippen LogP contribution < -0.4 is 0 Å². The lowest BCUT2D eigenvalue weighted by atomic mass is 10.0. The number of nitrogens with zero attached hydrogens (tertiary/aromatic N) is 1. The van der Waals surface area contributed by atoms with E-state index in [-0.39, 0.29) is 25.6 Å². The molecule has 9 nitrogen and oxygen atoms in total. The number of ether oxygens (including phenoxy) is 2. The van der Waals surface area contributed by atoms with Crippen molar-refractivity contribution in [1.82, 2.24) is 0 Å². The molecule has 0 radical (unpaired) electrons. The van der Waals surface area contributed by atoms with Gasteiger partial charge in [0.15, 0.2) is 6.10 Å². The van der Waals surface area contributed by atoms with Crippen LogP contribution in [-0.4, -0.2) is 74.9 Å². The molecule has 0 saturated carbocycles. The van der Waals surface area contributed by atoms with Crippen LogP contribution in [0.25, 0.3) is 0 Å². The maximum absolute atomic E-state index is 12.7. The number of rotatable bonds is 44. The zero-order valence-electron chi connectivity index (χ0n) is 38.5. The Balaban J connectivity index is 4.29. The fourth-order valence-electron chi connectivity index (χ4n) is 6.69. The molecule has 0 spiro atoms. The van der Waals surface area contributed by atoms with E-state index in [1.165, 1.54) is 135 Å². The fraction of sp³-hybridized carbons (Fsp3) is 0.875. The molecule has 0 saturated heterocycles. The number of hydrogen-bond acceptors (Lipinski definition) is 7. The second kappa shape index (κ2) is 40.9. The van der Waals surface area contributed by atoms with Gasteiger partial charge < -0.3 is 18.9 Å². The van der Waals surface area contributed by atoms with Crippen LogP contribution >= 0.6 is 7.82 Å². The van der Waals surface area contributed by atoms with Gasteiger partial charge in [-0.3, -0.25) is 18.6 Å². The van der Waals surface area contributed by atoms with Gasteiger partial charge in [0.05, 0.1) is 27.7 Å². The number of likely N-dealkylation sites (N-methyl/N-ethyl adjacent to an activating group) is 1. The number of hydrogen-bond donors (Lipinski definition) is 1. The normalized spacial score (nSPS) is 13.7. The minimum absolute atomic E-state index is 0.0320. The van der Waals surface area contributed by atoms with Gasteiger partial charge in [-0.25, -0.2) is 4.57 Å². The Hall–Kier alpha value is -1.51. The van der Waals surface area contributed by atoms with E-state index in [2.05, 4.69) is 38.2 Å². The van der Waals surface area contributed by atoms with Gasteiger partial charge in [-0.2, -0.15) is 0 Å². The Morgan fingerprint density at radius 2 is 0.931 bits per heavy atom. The minimum atomic E-state index is -4.38. The van der Waals surface area contributed by atoms with E-state index < -0.39 is 26.5 Å². The Morgan fingerprint density at radius 1 is 0.534 bits per heavy atom. The second-order valence-electron chi connectivity index (χ2n) is 17.5. The molecule has 58 heavy (non-hydrogen) atoms. The number of phosphoric ester groups is 1. The van der Waals surface area contributed by atoms with Crippen LogP contribution in [0.1, 0.15) is 219 Å². The summed E-state index contributed by atoms with van der Waals surface area (Å²) in [5.74, 6) is -0.797. The summed E-state index contributed by atoms with van der Waals surface area (Å²) in [7, 11) is 1.48. The molecule has 342 valence electrons. The van der Waals surface area contributed by atoms with Crippen molar-refractivity contribution in [2.24, 2.45) is 0 Å². The SMILES string of the molecule is CCCCC/C=C/C/C=C/CCCCCCCCCC(=O)O[C@H](COC(=O)CCCCCCCCCCCCCCCCCCC)COP(=O)(O)OCC[N+](C)(C)C. The van der Waals surface area contributed by atoms with Gasteiger partial charge in [0.2, 0.25) is 0 Å². The molecule has 10 heteroatoms. The van der Waals surface area contributed by atoms with Crippen LogP contribution in [0, 0.1) is 0 Å². The van der Waals surface area contributed by atoms with Crippen molar-refractivity contribution in [1.29, 1.82) is 0 Å². The standard InChI is InChI=1S/C48H92NO8P/c1-6-8-10-12-14-16-18-20-22-24-26-28-30-32-34-36-38-40-47(50)54-44-46(45-56-58(52,53)55-43-42-49(3,4)5)57-48(51)41-39-37-35-33-31-29-27-25-23-21-19-17-15-13-11-9-7-2/h15,17,21,23,46H,6-14,16,18-20,22,24-45H2,1-5H3/p+1/b17-15+,23-21+/t46-/m1/s1. The van der Waals surface area contributed by atoms with Crippen LogP contribution in [0.5, 0.6) is 0 Å². The monoisotopic (exact) mass is 843 g/mol. The molecule has 0 aliphatic carbocycles. The van der Waals surface area contributed by atoms with E-state index >= 15 is 0 Å². The molecule has 2 atom stereocenters. The lowest BCUT2D eigenvalue weighted by Crippen LogP contribution is -2.37. The summed E-state index contributed by atoms with van der Waals surface area (Å²) in [6.45, 7) is 4.42. The summed E-state index contributed by atoms with van der Waals surface area (Å²) >= 11 is 0. The summed E-state index contributed by atoms with van der Waals surface area (Å²) in [6.07, 6.45) is 45.0. The zero-order valence-corrected chi connectivity index (χ0v) is 39.4. The third kappa shape index (κ3) is 44.1. The number of carbonyl (C=O) groups excluding carboxylic acids is 2. The Kier molecular flexibility index (Phi) is 39.8. The topological polar surface area (TPSA) is 108 Å². The zero-order chi connectivity index (χ0) is 42.8. The highest BCUT2D eigenvalue weighted by atomic mass is 31.2. The first kappa shape index (κ1) is 56.5. The van der Waals surface area contributed by atoms with Crippen molar-refractivity contribution in [3.63, 3.8) is 0 Å². The third-order valence-corrected chi connectivity index (χ3v) is 11.5. The molecular weight excluding hydrogens is 750 g/mol. The Morgan fingerprint density at radius 3 is 1.40 bits per heavy atom. The second-order valence-corrected chi connectivity index (χ2v) is 19.0. The molecule has 1 N–H and O–H groups in total. The maximum Gasteiger partial charge on any atom is 0.472 e. The maximum atomic E-state index is 12.7. The molecule has 0 aromatic rings. The van der Waals surface area contributed by atoms with Gasteiger partial charge in [-0.05, 0) is 44.9 Å². The van der Waals surface area contributed by atoms with Crippen molar-refractivity contribution in [2.45, 2.75) is 225 Å². The highest BCUT2D eigenvalue weighted by molar-refractivity contribution is 7.47. The predicted molar refractivity (Wildman–Crippen MR) is 243 cm³/mol. The molecule has 0 amide bonds. The molecule has 0 aliphatic rings. The average Bonchev–Trinajstić information content (AvgIpc) is 3.17. The van der Waals surface area contributed by atoms with E-state index in [0.29, 0.717) is 23.9 Å². The van der Waals surface area contributed by atoms with Crippen molar-refractivity contribution >= 4 is 19.8 Å². The lowest BCUT2D eigenvalue weighted by molar-refractivity contribution is -0.870. The van der Waals surface area contributed by atoms with Crippen molar-refractivity contribution < 1.29 is 42.1 Å². The number of esters is 2. The van der Waals surface area contributed by atoms with E-state index in [1.54, 1.807) is 0 Å². The summed E-state index contributed by atoms with van der Waals surface area (Å²) in [5, 5.41) is 0. The summed E-state index contributed by atoms with van der Waals surface area (Å²) in [6, 6.07) is 0. The first-order valence-corrected chi connectivity index (χ1v) is 25.6. The molecule has 0 heterocycles. The van der Waals surface area contributed by atoms with E-state index in [9.17, 15) is 19.0 Å². The van der Waals surface area contributed by atoms with Gasteiger partial charge >= 0.3 is 19.8 Å². The van der Waals surface area contributed by atoms with Gasteiger partial charge in [0.1, 0.15) is 19.8 Å². The molecule has 0 rings (SSSR count). The molecule has 0 fully saturated rings. The number of phosphoric acid groups is 1. The first-order valence-electron chi connectivity index (χ1n) is 24.1. The van der Waals surface area contributed by atoms with E-state index in [4.69, 9.17) is 18.5 Å².